The van der Waals surface area contributed by atoms with Crippen molar-refractivity contribution in [3.8, 4) is 0 Å². The molecule has 3 rings (SSSR count). The number of piperidine rings is 1. The molecule has 0 aliphatic carbocycles. The van der Waals surface area contributed by atoms with Gasteiger partial charge in [0.05, 0.1) is 16.8 Å². The zero-order valence-electron chi connectivity index (χ0n) is 12.7. The third-order valence-corrected chi connectivity index (χ3v) is 5.27. The van der Waals surface area contributed by atoms with Crippen molar-refractivity contribution in [2.45, 2.75) is 32.2 Å². The zero-order chi connectivity index (χ0) is 15.5. The molecule has 1 unspecified atom stereocenters. The fourth-order valence-electron chi connectivity index (χ4n) is 3.05. The van der Waals surface area contributed by atoms with E-state index in [1.54, 1.807) is 23.5 Å². The number of aromatic carboxylic acids is 1. The number of thiazole rings is 1. The number of nitrogens with zero attached hydrogens (tertiary/aromatic N) is 2. The minimum atomic E-state index is -0.863. The first kappa shape index (κ1) is 15.2. The van der Waals surface area contributed by atoms with Gasteiger partial charge >= 0.3 is 5.97 Å². The molecule has 2 aromatic rings. The monoisotopic (exact) mass is 316 g/mol. The Morgan fingerprint density at radius 3 is 2.82 bits per heavy atom. The number of aryl methyl sites for hydroxylation is 1. The molecule has 0 spiro atoms. The Hall–Kier alpha value is -1.72. The van der Waals surface area contributed by atoms with Crippen LogP contribution < -0.4 is 0 Å². The van der Waals surface area contributed by atoms with E-state index in [-0.39, 0.29) is 0 Å². The topological polar surface area (TPSA) is 53.4 Å². The van der Waals surface area contributed by atoms with E-state index in [0.717, 1.165) is 25.3 Å². The van der Waals surface area contributed by atoms with Gasteiger partial charge in [0, 0.05) is 18.0 Å². The highest BCUT2D eigenvalue weighted by Gasteiger charge is 2.22. The van der Waals surface area contributed by atoms with Crippen molar-refractivity contribution in [1.29, 1.82) is 0 Å². The Morgan fingerprint density at radius 2 is 2.18 bits per heavy atom. The summed E-state index contributed by atoms with van der Waals surface area (Å²) in [5.41, 5.74) is 4.65. The minimum Gasteiger partial charge on any atom is -0.478 e. The fraction of sp³-hybridized carbons (Fsp3) is 0.412. The molecular weight excluding hydrogens is 296 g/mol. The maximum Gasteiger partial charge on any atom is 0.335 e. The minimum absolute atomic E-state index is 0.358. The molecule has 2 heterocycles. The molecular formula is C17H20N2O2S. The smallest absolute Gasteiger partial charge is 0.335 e. The average molecular weight is 316 g/mol. The maximum absolute atomic E-state index is 10.9. The van der Waals surface area contributed by atoms with Crippen LogP contribution in [0.5, 0.6) is 0 Å². The van der Waals surface area contributed by atoms with E-state index in [1.807, 2.05) is 17.6 Å². The van der Waals surface area contributed by atoms with Gasteiger partial charge in [0.25, 0.3) is 0 Å². The second kappa shape index (κ2) is 6.58. The standard InChI is InChI=1S/C17H20N2O2S/c1-12-16(22-11-18-12)10-19-8-2-3-15(9-19)13-4-6-14(7-5-13)17(20)21/h4-7,11,15H,2-3,8-10H2,1H3,(H,20,21). The molecule has 4 nitrogen and oxygen atoms in total. The summed E-state index contributed by atoms with van der Waals surface area (Å²) in [6.45, 7) is 5.20. The van der Waals surface area contributed by atoms with Crippen LogP contribution in [0.2, 0.25) is 0 Å². The van der Waals surface area contributed by atoms with Gasteiger partial charge < -0.3 is 5.11 Å². The summed E-state index contributed by atoms with van der Waals surface area (Å²) in [5, 5.41) is 8.98. The van der Waals surface area contributed by atoms with E-state index in [0.29, 0.717) is 11.5 Å². The number of likely N-dealkylation sites (tertiary alicyclic amines) is 1. The highest BCUT2D eigenvalue weighted by Crippen LogP contribution is 2.28. The third-order valence-electron chi connectivity index (χ3n) is 4.35. The average Bonchev–Trinajstić information content (AvgIpc) is 2.93. The number of benzene rings is 1. The van der Waals surface area contributed by atoms with Gasteiger partial charge in [0.15, 0.2) is 0 Å². The number of hydrogen-bond acceptors (Lipinski definition) is 4. The largest absolute Gasteiger partial charge is 0.478 e. The van der Waals surface area contributed by atoms with E-state index in [1.165, 1.54) is 23.3 Å². The molecule has 1 aromatic heterocycles. The predicted octanol–water partition coefficient (Wildman–Crippen LogP) is 3.53. The van der Waals surface area contributed by atoms with Crippen LogP contribution in [0.1, 0.15) is 45.3 Å². The zero-order valence-corrected chi connectivity index (χ0v) is 13.5. The van der Waals surface area contributed by atoms with E-state index in [9.17, 15) is 4.79 Å². The van der Waals surface area contributed by atoms with Gasteiger partial charge in [-0.15, -0.1) is 11.3 Å². The number of aromatic nitrogens is 1. The second-order valence-electron chi connectivity index (χ2n) is 5.86. The first-order chi connectivity index (χ1) is 10.6. The summed E-state index contributed by atoms with van der Waals surface area (Å²) in [7, 11) is 0. The number of carboxylic acids is 1. The molecule has 1 aromatic carbocycles. The van der Waals surface area contributed by atoms with Crippen LogP contribution in [-0.4, -0.2) is 34.0 Å². The van der Waals surface area contributed by atoms with Gasteiger partial charge in [0.1, 0.15) is 0 Å². The molecule has 1 saturated heterocycles. The lowest BCUT2D eigenvalue weighted by Gasteiger charge is -2.32. The van der Waals surface area contributed by atoms with Crippen LogP contribution in [0, 0.1) is 6.92 Å². The Bertz CT molecular complexity index is 651. The van der Waals surface area contributed by atoms with Gasteiger partial charge in [-0.1, -0.05) is 12.1 Å². The molecule has 0 bridgehead atoms. The molecule has 1 aliphatic rings. The van der Waals surface area contributed by atoms with Gasteiger partial charge in [-0.2, -0.15) is 0 Å². The van der Waals surface area contributed by atoms with E-state index in [4.69, 9.17) is 5.11 Å². The molecule has 0 radical (unpaired) electrons. The molecule has 1 N–H and O–H groups in total. The number of carbonyl (C=O) groups is 1. The third kappa shape index (κ3) is 3.36. The Balaban J connectivity index is 1.67. The summed E-state index contributed by atoms with van der Waals surface area (Å²) >= 11 is 1.73. The quantitative estimate of drug-likeness (QED) is 0.937. The van der Waals surface area contributed by atoms with Crippen LogP contribution in [0.15, 0.2) is 29.8 Å². The molecule has 0 amide bonds. The lowest BCUT2D eigenvalue weighted by Crippen LogP contribution is -2.33. The van der Waals surface area contributed by atoms with E-state index in [2.05, 4.69) is 16.8 Å². The maximum atomic E-state index is 10.9. The SMILES string of the molecule is Cc1ncsc1CN1CCCC(c2ccc(C(=O)O)cc2)C1. The predicted molar refractivity (Wildman–Crippen MR) is 87.5 cm³/mol. The van der Waals surface area contributed by atoms with Gasteiger partial charge in [0.2, 0.25) is 0 Å². The van der Waals surface area contributed by atoms with E-state index >= 15 is 0 Å². The van der Waals surface area contributed by atoms with Crippen molar-refractivity contribution < 1.29 is 9.90 Å². The van der Waals surface area contributed by atoms with Crippen LogP contribution in [0.25, 0.3) is 0 Å². The molecule has 116 valence electrons. The van der Waals surface area contributed by atoms with Gasteiger partial charge in [-0.05, 0) is 49.9 Å². The molecule has 22 heavy (non-hydrogen) atoms. The Labute approximate surface area is 134 Å². The Morgan fingerprint density at radius 1 is 1.41 bits per heavy atom. The summed E-state index contributed by atoms with van der Waals surface area (Å²) < 4.78 is 0. The lowest BCUT2D eigenvalue weighted by molar-refractivity contribution is 0.0697. The number of rotatable bonds is 4. The highest BCUT2D eigenvalue weighted by atomic mass is 32.1. The summed E-state index contributed by atoms with van der Waals surface area (Å²) in [6, 6.07) is 7.36. The normalized spacial score (nSPS) is 19.2. The molecule has 0 saturated carbocycles. The van der Waals surface area contributed by atoms with Crippen molar-refractivity contribution in [3.05, 3.63) is 51.5 Å². The van der Waals surface area contributed by atoms with Crippen molar-refractivity contribution in [1.82, 2.24) is 9.88 Å². The summed E-state index contributed by atoms with van der Waals surface area (Å²) in [6.07, 6.45) is 2.35. The Kier molecular flexibility index (Phi) is 4.55. The number of carboxylic acid groups (broad SMARTS) is 1. The first-order valence-corrected chi connectivity index (χ1v) is 8.46. The summed E-state index contributed by atoms with van der Waals surface area (Å²) in [5.74, 6) is -0.373. The number of hydrogen-bond donors (Lipinski definition) is 1. The molecule has 1 fully saturated rings. The van der Waals surface area contributed by atoms with Gasteiger partial charge in [-0.3, -0.25) is 4.90 Å². The first-order valence-electron chi connectivity index (χ1n) is 7.58. The van der Waals surface area contributed by atoms with E-state index < -0.39 is 5.97 Å². The van der Waals surface area contributed by atoms with Crippen molar-refractivity contribution in [3.63, 3.8) is 0 Å². The van der Waals surface area contributed by atoms with Crippen molar-refractivity contribution >= 4 is 17.3 Å². The summed E-state index contributed by atoms with van der Waals surface area (Å²) in [4.78, 5) is 19.1. The van der Waals surface area contributed by atoms with Crippen molar-refractivity contribution in [2.24, 2.45) is 0 Å². The van der Waals surface area contributed by atoms with Gasteiger partial charge in [-0.25, -0.2) is 9.78 Å². The lowest BCUT2D eigenvalue weighted by atomic mass is 9.90. The van der Waals surface area contributed by atoms with Crippen LogP contribution in [0.4, 0.5) is 0 Å². The van der Waals surface area contributed by atoms with Crippen LogP contribution >= 0.6 is 11.3 Å². The van der Waals surface area contributed by atoms with Crippen LogP contribution in [0.3, 0.4) is 0 Å². The molecule has 5 heteroatoms. The van der Waals surface area contributed by atoms with Crippen LogP contribution in [-0.2, 0) is 6.54 Å². The second-order valence-corrected chi connectivity index (χ2v) is 6.80. The highest BCUT2D eigenvalue weighted by molar-refractivity contribution is 7.09. The van der Waals surface area contributed by atoms with Crippen molar-refractivity contribution in [2.75, 3.05) is 13.1 Å². The molecule has 1 aliphatic heterocycles. The molecule has 1 atom stereocenters. The fourth-order valence-corrected chi connectivity index (χ4v) is 3.87.